The number of nitrogens with zero attached hydrogens (tertiary/aromatic N) is 1. The van der Waals surface area contributed by atoms with Crippen molar-refractivity contribution < 1.29 is 0 Å². The Balaban J connectivity index is 2.34. The standard InChI is InChI=1S/C12H11BrClN3/c1-7-2-3-8(14)4-11(7)17-12-10(13)5-9(15)6-16-12/h2-6H,15H2,1H3,(H,16,17). The van der Waals surface area contributed by atoms with E-state index in [1.54, 1.807) is 12.3 Å². The van der Waals surface area contributed by atoms with Crippen molar-refractivity contribution in [2.75, 3.05) is 11.1 Å². The first-order chi connectivity index (χ1) is 8.06. The van der Waals surface area contributed by atoms with Crippen molar-refractivity contribution in [2.45, 2.75) is 6.92 Å². The first-order valence-electron chi connectivity index (χ1n) is 5.00. The van der Waals surface area contributed by atoms with E-state index < -0.39 is 0 Å². The fourth-order valence-corrected chi connectivity index (χ4v) is 2.04. The van der Waals surface area contributed by atoms with E-state index in [1.165, 1.54) is 0 Å². The molecule has 0 spiro atoms. The van der Waals surface area contributed by atoms with Crippen molar-refractivity contribution in [1.29, 1.82) is 0 Å². The maximum absolute atomic E-state index is 5.96. The van der Waals surface area contributed by atoms with Crippen LogP contribution in [0.3, 0.4) is 0 Å². The van der Waals surface area contributed by atoms with Gasteiger partial charge in [-0.3, -0.25) is 0 Å². The molecule has 3 nitrogen and oxygen atoms in total. The summed E-state index contributed by atoms with van der Waals surface area (Å²) in [6, 6.07) is 7.47. The van der Waals surface area contributed by atoms with Gasteiger partial charge in [0.2, 0.25) is 0 Å². The van der Waals surface area contributed by atoms with Crippen molar-refractivity contribution in [3.05, 3.63) is 45.5 Å². The number of anilines is 3. The van der Waals surface area contributed by atoms with Crippen LogP contribution in [0.4, 0.5) is 17.2 Å². The molecule has 3 N–H and O–H groups in total. The van der Waals surface area contributed by atoms with Crippen molar-refractivity contribution in [3.63, 3.8) is 0 Å². The molecule has 0 bridgehead atoms. The van der Waals surface area contributed by atoms with Gasteiger partial charge in [0.05, 0.1) is 16.4 Å². The highest BCUT2D eigenvalue weighted by atomic mass is 79.9. The highest BCUT2D eigenvalue weighted by molar-refractivity contribution is 9.10. The van der Waals surface area contributed by atoms with Gasteiger partial charge in [0.15, 0.2) is 0 Å². The Kier molecular flexibility index (Phi) is 3.54. The van der Waals surface area contributed by atoms with E-state index in [9.17, 15) is 0 Å². The largest absolute Gasteiger partial charge is 0.397 e. The van der Waals surface area contributed by atoms with Gasteiger partial charge in [0, 0.05) is 10.7 Å². The number of halogens is 2. The van der Waals surface area contributed by atoms with E-state index in [1.807, 2.05) is 25.1 Å². The number of hydrogen-bond donors (Lipinski definition) is 2. The molecule has 0 fully saturated rings. The molecule has 0 saturated carbocycles. The molecule has 0 radical (unpaired) electrons. The fraction of sp³-hybridized carbons (Fsp3) is 0.0833. The molecule has 0 saturated heterocycles. The molecule has 2 aromatic rings. The quantitative estimate of drug-likeness (QED) is 0.876. The molecular weight excluding hydrogens is 302 g/mol. The van der Waals surface area contributed by atoms with Gasteiger partial charge >= 0.3 is 0 Å². The van der Waals surface area contributed by atoms with E-state index in [-0.39, 0.29) is 0 Å². The van der Waals surface area contributed by atoms with Gasteiger partial charge < -0.3 is 11.1 Å². The monoisotopic (exact) mass is 311 g/mol. The second-order valence-electron chi connectivity index (χ2n) is 3.68. The summed E-state index contributed by atoms with van der Waals surface area (Å²) in [5.74, 6) is 0.713. The van der Waals surface area contributed by atoms with Gasteiger partial charge in [0.25, 0.3) is 0 Å². The third kappa shape index (κ3) is 2.90. The van der Waals surface area contributed by atoms with Gasteiger partial charge in [0.1, 0.15) is 5.82 Å². The van der Waals surface area contributed by atoms with E-state index >= 15 is 0 Å². The predicted molar refractivity (Wildman–Crippen MR) is 75.8 cm³/mol. The third-order valence-electron chi connectivity index (χ3n) is 2.32. The lowest BCUT2D eigenvalue weighted by Gasteiger charge is -2.10. The van der Waals surface area contributed by atoms with E-state index in [0.717, 1.165) is 15.7 Å². The summed E-state index contributed by atoms with van der Waals surface area (Å²) >= 11 is 9.37. The van der Waals surface area contributed by atoms with Crippen LogP contribution >= 0.6 is 27.5 Å². The summed E-state index contributed by atoms with van der Waals surface area (Å²) in [5.41, 5.74) is 8.27. The van der Waals surface area contributed by atoms with Crippen LogP contribution in [0.15, 0.2) is 34.9 Å². The summed E-state index contributed by atoms with van der Waals surface area (Å²) in [6.45, 7) is 2.00. The number of nitrogens with one attached hydrogen (secondary N) is 1. The highest BCUT2D eigenvalue weighted by Gasteiger charge is 2.05. The minimum atomic E-state index is 0.616. The highest BCUT2D eigenvalue weighted by Crippen LogP contribution is 2.28. The number of nitrogens with two attached hydrogens (primary N) is 1. The maximum Gasteiger partial charge on any atom is 0.144 e. The summed E-state index contributed by atoms with van der Waals surface area (Å²) in [6.07, 6.45) is 1.60. The molecule has 0 atom stereocenters. The van der Waals surface area contributed by atoms with Crippen LogP contribution in [-0.2, 0) is 0 Å². The molecule has 0 aliphatic rings. The molecule has 5 heteroatoms. The minimum absolute atomic E-state index is 0.616. The fourth-order valence-electron chi connectivity index (χ4n) is 1.40. The lowest BCUT2D eigenvalue weighted by atomic mass is 10.2. The predicted octanol–water partition coefficient (Wildman–Crippen LogP) is 4.13. The van der Waals surface area contributed by atoms with Gasteiger partial charge in [-0.15, -0.1) is 0 Å². The van der Waals surface area contributed by atoms with Crippen LogP contribution in [0, 0.1) is 6.92 Å². The number of pyridine rings is 1. The van der Waals surface area contributed by atoms with Crippen molar-refractivity contribution in [2.24, 2.45) is 0 Å². The van der Waals surface area contributed by atoms with Crippen LogP contribution in [-0.4, -0.2) is 4.98 Å². The Morgan fingerprint density at radius 1 is 1.35 bits per heavy atom. The molecule has 0 aliphatic carbocycles. The lowest BCUT2D eigenvalue weighted by Crippen LogP contribution is -1.98. The van der Waals surface area contributed by atoms with Crippen molar-refractivity contribution in [3.8, 4) is 0 Å². The number of rotatable bonds is 2. The summed E-state index contributed by atoms with van der Waals surface area (Å²) in [4.78, 5) is 4.22. The van der Waals surface area contributed by atoms with Crippen molar-refractivity contribution >= 4 is 44.7 Å². The first kappa shape index (κ1) is 12.2. The number of benzene rings is 1. The first-order valence-corrected chi connectivity index (χ1v) is 6.17. The summed E-state index contributed by atoms with van der Waals surface area (Å²) in [5, 5.41) is 3.90. The zero-order valence-electron chi connectivity index (χ0n) is 9.17. The summed E-state index contributed by atoms with van der Waals surface area (Å²) in [7, 11) is 0. The van der Waals surface area contributed by atoms with Crippen LogP contribution < -0.4 is 11.1 Å². The molecule has 88 valence electrons. The van der Waals surface area contributed by atoms with E-state index in [2.05, 4.69) is 26.2 Å². The van der Waals surface area contributed by atoms with Crippen LogP contribution in [0.2, 0.25) is 5.02 Å². The zero-order valence-corrected chi connectivity index (χ0v) is 11.5. The number of nitrogen functional groups attached to an aromatic ring is 1. The topological polar surface area (TPSA) is 50.9 Å². The second kappa shape index (κ2) is 4.94. The molecule has 0 aliphatic heterocycles. The van der Waals surface area contributed by atoms with Crippen LogP contribution in [0.5, 0.6) is 0 Å². The second-order valence-corrected chi connectivity index (χ2v) is 4.97. The zero-order chi connectivity index (χ0) is 12.4. The molecule has 0 amide bonds. The molecule has 1 heterocycles. The Morgan fingerprint density at radius 2 is 2.12 bits per heavy atom. The minimum Gasteiger partial charge on any atom is -0.397 e. The Bertz CT molecular complexity index is 557. The Morgan fingerprint density at radius 3 is 2.82 bits per heavy atom. The van der Waals surface area contributed by atoms with E-state index in [4.69, 9.17) is 17.3 Å². The summed E-state index contributed by atoms with van der Waals surface area (Å²) < 4.78 is 0.817. The van der Waals surface area contributed by atoms with Crippen molar-refractivity contribution in [1.82, 2.24) is 4.98 Å². The van der Waals surface area contributed by atoms with E-state index in [0.29, 0.717) is 16.5 Å². The average Bonchev–Trinajstić information content (AvgIpc) is 2.27. The molecule has 1 aromatic heterocycles. The molecule has 1 aromatic carbocycles. The third-order valence-corrected chi connectivity index (χ3v) is 3.15. The maximum atomic E-state index is 5.96. The van der Waals surface area contributed by atoms with Gasteiger partial charge in [-0.1, -0.05) is 17.7 Å². The van der Waals surface area contributed by atoms with Crippen LogP contribution in [0.25, 0.3) is 0 Å². The SMILES string of the molecule is Cc1ccc(Cl)cc1Nc1ncc(N)cc1Br. The Hall–Kier alpha value is -1.26. The smallest absolute Gasteiger partial charge is 0.144 e. The molecule has 2 rings (SSSR count). The molecule has 0 unspecified atom stereocenters. The lowest BCUT2D eigenvalue weighted by molar-refractivity contribution is 1.28. The number of hydrogen-bond acceptors (Lipinski definition) is 3. The van der Waals surface area contributed by atoms with Gasteiger partial charge in [-0.2, -0.15) is 0 Å². The van der Waals surface area contributed by atoms with Crippen LogP contribution in [0.1, 0.15) is 5.56 Å². The van der Waals surface area contributed by atoms with Gasteiger partial charge in [-0.05, 0) is 46.6 Å². The molecule has 17 heavy (non-hydrogen) atoms. The average molecular weight is 313 g/mol. The Labute approximate surface area is 113 Å². The normalized spacial score (nSPS) is 10.3. The van der Waals surface area contributed by atoms with Gasteiger partial charge in [-0.25, -0.2) is 4.98 Å². The number of aromatic nitrogens is 1. The molecular formula is C12H11BrClN3. The number of aryl methyl sites for hydroxylation is 1.